The normalized spacial score (nSPS) is 16.0. The number of allylic oxidation sites excluding steroid dienone is 1. The molecule has 0 spiro atoms. The van der Waals surface area contributed by atoms with Gasteiger partial charge in [-0.15, -0.1) is 0 Å². The largest absolute Gasteiger partial charge is 0.497 e. The van der Waals surface area contributed by atoms with Gasteiger partial charge in [-0.1, -0.05) is 36.4 Å². The van der Waals surface area contributed by atoms with Crippen LogP contribution in [0, 0.1) is 0 Å². The Labute approximate surface area is 153 Å². The smallest absolute Gasteiger partial charge is 0.280 e. The average molecular weight is 352 g/mol. The van der Waals surface area contributed by atoms with Gasteiger partial charge in [-0.2, -0.15) is 0 Å². The molecule has 1 fully saturated rings. The van der Waals surface area contributed by atoms with Crippen LogP contribution in [0.25, 0.3) is 0 Å². The van der Waals surface area contributed by atoms with Gasteiger partial charge in [0, 0.05) is 6.54 Å². The van der Waals surface area contributed by atoms with Crippen LogP contribution in [-0.4, -0.2) is 29.6 Å². The zero-order chi connectivity index (χ0) is 17.8. The maximum atomic E-state index is 12.8. The Morgan fingerprint density at radius 2 is 1.76 bits per heavy atom. The highest BCUT2D eigenvalue weighted by atomic mass is 32.1. The number of carbonyl (C=O) groups is 1. The minimum Gasteiger partial charge on any atom is -0.497 e. The van der Waals surface area contributed by atoms with Gasteiger partial charge in [-0.3, -0.25) is 9.69 Å². The summed E-state index contributed by atoms with van der Waals surface area (Å²) in [6.07, 6.45) is 2.61. The van der Waals surface area contributed by atoms with E-state index in [1.807, 2.05) is 72.5 Å². The van der Waals surface area contributed by atoms with E-state index in [4.69, 9.17) is 17.0 Å². The van der Waals surface area contributed by atoms with Crippen molar-refractivity contribution in [3.8, 4) is 5.75 Å². The topological polar surface area (TPSA) is 32.8 Å². The van der Waals surface area contributed by atoms with Crippen LogP contribution in [0.2, 0.25) is 0 Å². The first-order valence-electron chi connectivity index (χ1n) is 8.16. The third kappa shape index (κ3) is 3.42. The summed E-state index contributed by atoms with van der Waals surface area (Å²) in [5.41, 5.74) is 2.59. The molecule has 2 aromatic rings. The van der Waals surface area contributed by atoms with Gasteiger partial charge in [0.2, 0.25) is 0 Å². The van der Waals surface area contributed by atoms with E-state index in [2.05, 4.69) is 0 Å². The predicted octanol–water partition coefficient (Wildman–Crippen LogP) is 3.78. The van der Waals surface area contributed by atoms with Crippen LogP contribution in [0.1, 0.15) is 12.5 Å². The lowest BCUT2D eigenvalue weighted by atomic mass is 10.1. The van der Waals surface area contributed by atoms with Gasteiger partial charge >= 0.3 is 0 Å². The summed E-state index contributed by atoms with van der Waals surface area (Å²) in [6.45, 7) is 2.52. The summed E-state index contributed by atoms with van der Waals surface area (Å²) in [4.78, 5) is 16.3. The van der Waals surface area contributed by atoms with Crippen LogP contribution in [0.3, 0.4) is 0 Å². The molecule has 0 atom stereocenters. The number of carbonyl (C=O) groups excluding carboxylic acids is 1. The molecule has 1 heterocycles. The minimum atomic E-state index is -0.0755. The third-order valence-electron chi connectivity index (χ3n) is 4.21. The first-order chi connectivity index (χ1) is 12.2. The van der Waals surface area contributed by atoms with Crippen molar-refractivity contribution in [1.29, 1.82) is 0 Å². The van der Waals surface area contributed by atoms with Crippen LogP contribution in [0.15, 0.2) is 66.4 Å². The van der Waals surface area contributed by atoms with E-state index in [0.29, 0.717) is 17.4 Å². The Kier molecular flexibility index (Phi) is 5.14. The van der Waals surface area contributed by atoms with Crippen molar-refractivity contribution < 1.29 is 9.53 Å². The summed E-state index contributed by atoms with van der Waals surface area (Å²) in [5.74, 6) is 0.758. The molecule has 128 valence electrons. The van der Waals surface area contributed by atoms with Gasteiger partial charge in [-0.25, -0.2) is 0 Å². The second-order valence-corrected chi connectivity index (χ2v) is 6.05. The van der Waals surface area contributed by atoms with Crippen molar-refractivity contribution in [3.63, 3.8) is 0 Å². The van der Waals surface area contributed by atoms with Crippen molar-refractivity contribution in [1.82, 2.24) is 4.90 Å². The summed E-state index contributed by atoms with van der Waals surface area (Å²) < 4.78 is 5.18. The van der Waals surface area contributed by atoms with E-state index in [1.54, 1.807) is 12.0 Å². The fourth-order valence-electron chi connectivity index (χ4n) is 2.87. The molecule has 25 heavy (non-hydrogen) atoms. The molecule has 0 bridgehead atoms. The predicted molar refractivity (Wildman–Crippen MR) is 104 cm³/mol. The lowest BCUT2D eigenvalue weighted by molar-refractivity contribution is -0.114. The maximum absolute atomic E-state index is 12.8. The fraction of sp³-hybridized carbons (Fsp3) is 0.200. The van der Waals surface area contributed by atoms with Gasteiger partial charge in [-0.05, 0) is 55.4 Å². The Hall–Kier alpha value is -2.66. The van der Waals surface area contributed by atoms with E-state index in [-0.39, 0.29) is 5.91 Å². The Bertz CT molecular complexity index is 800. The van der Waals surface area contributed by atoms with E-state index >= 15 is 0 Å². The number of para-hydroxylation sites is 1. The molecule has 0 unspecified atom stereocenters. The Morgan fingerprint density at radius 3 is 2.36 bits per heavy atom. The van der Waals surface area contributed by atoms with Gasteiger partial charge in [0.15, 0.2) is 5.11 Å². The molecule has 0 aliphatic carbocycles. The number of anilines is 1. The number of rotatable bonds is 5. The molecular weight excluding hydrogens is 332 g/mol. The molecule has 4 nitrogen and oxygen atoms in total. The SMILES string of the molecule is C/C=C1\C(=O)N(c2ccccc2)C(=S)N1CCc1ccc(OC)cc1. The van der Waals surface area contributed by atoms with E-state index in [1.165, 1.54) is 5.56 Å². The molecule has 2 aromatic carbocycles. The summed E-state index contributed by atoms with van der Waals surface area (Å²) in [7, 11) is 1.65. The molecule has 0 N–H and O–H groups in total. The standard InChI is InChI=1S/C20H20N2O2S/c1-3-18-19(23)22(16-7-5-4-6-8-16)20(25)21(18)14-13-15-9-11-17(24-2)12-10-15/h3-12H,13-14H2,1-2H3/b18-3+. The molecular formula is C20H20N2O2S. The van der Waals surface area contributed by atoms with E-state index in [0.717, 1.165) is 17.9 Å². The number of hydrogen-bond donors (Lipinski definition) is 0. The molecule has 1 aliphatic rings. The molecule has 1 amide bonds. The first-order valence-corrected chi connectivity index (χ1v) is 8.56. The zero-order valence-electron chi connectivity index (χ0n) is 14.3. The van der Waals surface area contributed by atoms with Crippen molar-refractivity contribution in [2.75, 3.05) is 18.6 Å². The Balaban J connectivity index is 1.78. The van der Waals surface area contributed by atoms with Crippen LogP contribution in [0.4, 0.5) is 5.69 Å². The Morgan fingerprint density at radius 1 is 1.08 bits per heavy atom. The minimum absolute atomic E-state index is 0.0755. The number of hydrogen-bond acceptors (Lipinski definition) is 3. The zero-order valence-corrected chi connectivity index (χ0v) is 15.1. The van der Waals surface area contributed by atoms with Crippen molar-refractivity contribution >= 4 is 28.9 Å². The number of methoxy groups -OCH3 is 1. The maximum Gasteiger partial charge on any atom is 0.280 e. The highest BCUT2D eigenvalue weighted by Crippen LogP contribution is 2.27. The van der Waals surface area contributed by atoms with Crippen LogP contribution < -0.4 is 9.64 Å². The van der Waals surface area contributed by atoms with Crippen LogP contribution in [-0.2, 0) is 11.2 Å². The molecule has 3 rings (SSSR count). The summed E-state index contributed by atoms with van der Waals surface area (Å²) in [5, 5.41) is 0.526. The molecule has 0 saturated carbocycles. The number of amides is 1. The van der Waals surface area contributed by atoms with Crippen molar-refractivity contribution in [2.24, 2.45) is 0 Å². The summed E-state index contributed by atoms with van der Waals surface area (Å²) in [6, 6.07) is 17.5. The average Bonchev–Trinajstić information content (AvgIpc) is 2.90. The van der Waals surface area contributed by atoms with Crippen molar-refractivity contribution in [3.05, 3.63) is 71.9 Å². The summed E-state index contributed by atoms with van der Waals surface area (Å²) >= 11 is 5.59. The molecule has 5 heteroatoms. The van der Waals surface area contributed by atoms with Crippen molar-refractivity contribution in [2.45, 2.75) is 13.3 Å². The van der Waals surface area contributed by atoms with Gasteiger partial charge in [0.1, 0.15) is 11.4 Å². The van der Waals surface area contributed by atoms with E-state index < -0.39 is 0 Å². The number of ether oxygens (including phenoxy) is 1. The highest BCUT2D eigenvalue weighted by molar-refractivity contribution is 7.80. The third-order valence-corrected chi connectivity index (χ3v) is 4.61. The molecule has 0 aromatic heterocycles. The molecule has 0 radical (unpaired) electrons. The fourth-order valence-corrected chi connectivity index (χ4v) is 3.25. The van der Waals surface area contributed by atoms with Crippen LogP contribution in [0.5, 0.6) is 5.75 Å². The molecule has 1 saturated heterocycles. The lowest BCUT2D eigenvalue weighted by Gasteiger charge is -2.20. The van der Waals surface area contributed by atoms with E-state index in [9.17, 15) is 4.79 Å². The van der Waals surface area contributed by atoms with Crippen LogP contribution >= 0.6 is 12.2 Å². The molecule has 1 aliphatic heterocycles. The lowest BCUT2D eigenvalue weighted by Crippen LogP contribution is -2.33. The van der Waals surface area contributed by atoms with Gasteiger partial charge in [0.05, 0.1) is 12.8 Å². The monoisotopic (exact) mass is 352 g/mol. The van der Waals surface area contributed by atoms with Gasteiger partial charge < -0.3 is 9.64 Å². The number of thiocarbonyl (C=S) groups is 1. The van der Waals surface area contributed by atoms with Gasteiger partial charge in [0.25, 0.3) is 5.91 Å². The number of nitrogens with zero attached hydrogens (tertiary/aromatic N) is 2. The second-order valence-electron chi connectivity index (χ2n) is 5.68. The number of benzene rings is 2. The highest BCUT2D eigenvalue weighted by Gasteiger charge is 2.37. The second kappa shape index (κ2) is 7.49. The quantitative estimate of drug-likeness (QED) is 0.606. The first kappa shape index (κ1) is 17.2.